The van der Waals surface area contributed by atoms with Crippen LogP contribution in [0.1, 0.15) is 34.5 Å². The van der Waals surface area contributed by atoms with E-state index in [1.807, 2.05) is 0 Å². The van der Waals surface area contributed by atoms with E-state index >= 15 is 0 Å². The lowest BCUT2D eigenvalue weighted by molar-refractivity contribution is -0.137. The van der Waals surface area contributed by atoms with E-state index in [-0.39, 0.29) is 5.91 Å². The molecular formula is C20H25F3N4O. The summed E-state index contributed by atoms with van der Waals surface area (Å²) in [6, 6.07) is 5.55. The highest BCUT2D eigenvalue weighted by Gasteiger charge is 2.30. The van der Waals surface area contributed by atoms with Gasteiger partial charge in [0.2, 0.25) is 0 Å². The smallest absolute Gasteiger partial charge is 0.341 e. The molecule has 0 bridgehead atoms. The van der Waals surface area contributed by atoms with E-state index in [2.05, 4.69) is 14.9 Å². The van der Waals surface area contributed by atoms with E-state index in [0.29, 0.717) is 30.1 Å². The Morgan fingerprint density at radius 1 is 1.39 bits per heavy atom. The van der Waals surface area contributed by atoms with Crippen LogP contribution in [0, 0.1) is 5.92 Å². The van der Waals surface area contributed by atoms with E-state index in [0.717, 1.165) is 38.5 Å². The molecule has 5 nitrogen and oxygen atoms in total. The number of likely N-dealkylation sites (tertiary alicyclic amines) is 1. The van der Waals surface area contributed by atoms with Gasteiger partial charge in [-0.2, -0.15) is 13.2 Å². The lowest BCUT2D eigenvalue weighted by Gasteiger charge is -2.34. The molecule has 0 spiro atoms. The summed E-state index contributed by atoms with van der Waals surface area (Å²) in [6.45, 7) is 3.15. The molecule has 0 saturated carbocycles. The number of carbonyl (C=O) groups is 1. The van der Waals surface area contributed by atoms with Gasteiger partial charge in [-0.25, -0.2) is 4.98 Å². The van der Waals surface area contributed by atoms with Crippen molar-refractivity contribution in [2.75, 3.05) is 33.2 Å². The van der Waals surface area contributed by atoms with Crippen LogP contribution in [-0.2, 0) is 12.6 Å². The molecule has 0 aliphatic carbocycles. The summed E-state index contributed by atoms with van der Waals surface area (Å²) in [5.41, 5.74) is 0.573. The number of aromatic nitrogens is 2. The molecule has 0 unspecified atom stereocenters. The van der Waals surface area contributed by atoms with Gasteiger partial charge in [0.05, 0.1) is 18.1 Å². The molecule has 1 aliphatic heterocycles. The molecule has 1 aliphatic rings. The minimum absolute atomic E-state index is 0.0846. The van der Waals surface area contributed by atoms with Crippen LogP contribution >= 0.6 is 0 Å². The van der Waals surface area contributed by atoms with E-state index in [1.54, 1.807) is 18.0 Å². The normalized spacial score (nSPS) is 18.2. The number of halogens is 3. The molecule has 152 valence electrons. The van der Waals surface area contributed by atoms with Crippen molar-refractivity contribution in [3.05, 3.63) is 53.6 Å². The topological polar surface area (TPSA) is 52.2 Å². The van der Waals surface area contributed by atoms with Crippen molar-refractivity contribution in [2.45, 2.75) is 25.4 Å². The van der Waals surface area contributed by atoms with Gasteiger partial charge in [0.25, 0.3) is 5.91 Å². The summed E-state index contributed by atoms with van der Waals surface area (Å²) in [5, 5.41) is 0. The van der Waals surface area contributed by atoms with Crippen LogP contribution < -0.4 is 0 Å². The zero-order chi connectivity index (χ0) is 20.1. The molecule has 2 heterocycles. The SMILES string of the molecule is CN(C[C@@H]1CCCN(CCc2cccc(C(F)(F)F)c2)C1)C(=O)c1cnc[nH]1. The Balaban J connectivity index is 1.50. The van der Waals surface area contributed by atoms with E-state index in [9.17, 15) is 18.0 Å². The largest absolute Gasteiger partial charge is 0.416 e. The molecule has 1 aromatic heterocycles. The second-order valence-corrected chi connectivity index (χ2v) is 7.41. The molecule has 8 heteroatoms. The molecule has 2 aromatic rings. The van der Waals surface area contributed by atoms with Crippen molar-refractivity contribution >= 4 is 5.91 Å². The predicted octanol–water partition coefficient (Wildman–Crippen LogP) is 3.46. The number of hydrogen-bond donors (Lipinski definition) is 1. The van der Waals surface area contributed by atoms with E-state index in [1.165, 1.54) is 24.7 Å². The van der Waals surface area contributed by atoms with Gasteiger partial charge in [-0.1, -0.05) is 18.2 Å². The standard InChI is InChI=1S/C20H25F3N4O/c1-26(19(28)18-11-24-14-25-18)12-16-5-3-8-27(13-16)9-7-15-4-2-6-17(10-15)20(21,22)23/h2,4,6,10-11,14,16H,3,5,7-9,12-13H2,1H3,(H,24,25)/t16-/m0/s1. The van der Waals surface area contributed by atoms with Gasteiger partial charge in [-0.15, -0.1) is 0 Å². The molecule has 1 fully saturated rings. The van der Waals surface area contributed by atoms with E-state index < -0.39 is 11.7 Å². The van der Waals surface area contributed by atoms with Crippen molar-refractivity contribution in [1.29, 1.82) is 0 Å². The highest BCUT2D eigenvalue weighted by Crippen LogP contribution is 2.29. The lowest BCUT2D eigenvalue weighted by Crippen LogP contribution is -2.42. The fraction of sp³-hybridized carbons (Fsp3) is 0.500. The molecule has 1 amide bonds. The Kier molecular flexibility index (Phi) is 6.39. The number of alkyl halides is 3. The number of rotatable bonds is 6. The van der Waals surface area contributed by atoms with Gasteiger partial charge in [-0.05, 0) is 43.4 Å². The Morgan fingerprint density at radius 3 is 2.93 bits per heavy atom. The third-order valence-electron chi connectivity index (χ3n) is 5.18. The Bertz CT molecular complexity index is 776. The van der Waals surface area contributed by atoms with Crippen LogP contribution in [0.15, 0.2) is 36.8 Å². The van der Waals surface area contributed by atoms with Gasteiger partial charge >= 0.3 is 6.18 Å². The van der Waals surface area contributed by atoms with Crippen molar-refractivity contribution in [2.24, 2.45) is 5.92 Å². The predicted molar refractivity (Wildman–Crippen MR) is 99.9 cm³/mol. The zero-order valence-corrected chi connectivity index (χ0v) is 15.9. The van der Waals surface area contributed by atoms with Gasteiger partial charge in [-0.3, -0.25) is 4.79 Å². The third-order valence-corrected chi connectivity index (χ3v) is 5.18. The Labute approximate surface area is 162 Å². The van der Waals surface area contributed by atoms with Gasteiger partial charge < -0.3 is 14.8 Å². The van der Waals surface area contributed by atoms with Crippen molar-refractivity contribution < 1.29 is 18.0 Å². The summed E-state index contributed by atoms with van der Waals surface area (Å²) < 4.78 is 38.6. The number of carbonyl (C=O) groups excluding carboxylic acids is 1. The first-order valence-electron chi connectivity index (χ1n) is 9.45. The van der Waals surface area contributed by atoms with Crippen LogP contribution in [0.2, 0.25) is 0 Å². The second kappa shape index (κ2) is 8.77. The lowest BCUT2D eigenvalue weighted by atomic mass is 9.97. The molecule has 1 aromatic carbocycles. The highest BCUT2D eigenvalue weighted by atomic mass is 19.4. The second-order valence-electron chi connectivity index (χ2n) is 7.41. The minimum Gasteiger partial charge on any atom is -0.341 e. The van der Waals surface area contributed by atoms with Gasteiger partial charge in [0, 0.05) is 26.7 Å². The molecule has 3 rings (SSSR count). The van der Waals surface area contributed by atoms with Crippen LogP contribution in [0.3, 0.4) is 0 Å². The molecule has 1 saturated heterocycles. The first kappa shape index (κ1) is 20.4. The number of benzene rings is 1. The zero-order valence-electron chi connectivity index (χ0n) is 15.9. The maximum Gasteiger partial charge on any atom is 0.416 e. The van der Waals surface area contributed by atoms with Crippen LogP contribution in [0.5, 0.6) is 0 Å². The molecule has 0 radical (unpaired) electrons. The van der Waals surface area contributed by atoms with Crippen LogP contribution in [-0.4, -0.2) is 58.9 Å². The quantitative estimate of drug-likeness (QED) is 0.817. The number of nitrogens with zero attached hydrogens (tertiary/aromatic N) is 3. The maximum atomic E-state index is 12.9. The number of H-pyrrole nitrogens is 1. The molecular weight excluding hydrogens is 369 g/mol. The number of aromatic amines is 1. The fourth-order valence-corrected chi connectivity index (χ4v) is 3.74. The summed E-state index contributed by atoms with van der Waals surface area (Å²) >= 11 is 0. The summed E-state index contributed by atoms with van der Waals surface area (Å²) in [7, 11) is 1.78. The number of amides is 1. The molecule has 1 atom stereocenters. The number of hydrogen-bond acceptors (Lipinski definition) is 3. The van der Waals surface area contributed by atoms with Crippen LogP contribution in [0.4, 0.5) is 13.2 Å². The average molecular weight is 394 g/mol. The summed E-state index contributed by atoms with van der Waals surface area (Å²) in [5.74, 6) is 0.269. The number of piperidine rings is 1. The van der Waals surface area contributed by atoms with Gasteiger partial charge in [0.1, 0.15) is 5.69 Å². The van der Waals surface area contributed by atoms with Crippen LogP contribution in [0.25, 0.3) is 0 Å². The first-order valence-corrected chi connectivity index (χ1v) is 9.45. The molecule has 28 heavy (non-hydrogen) atoms. The first-order chi connectivity index (χ1) is 13.3. The molecule has 1 N–H and O–H groups in total. The van der Waals surface area contributed by atoms with Crippen molar-refractivity contribution in [3.63, 3.8) is 0 Å². The summed E-state index contributed by atoms with van der Waals surface area (Å²) in [4.78, 5) is 23.0. The maximum absolute atomic E-state index is 12.9. The van der Waals surface area contributed by atoms with Crippen molar-refractivity contribution in [3.8, 4) is 0 Å². The monoisotopic (exact) mass is 394 g/mol. The van der Waals surface area contributed by atoms with Crippen molar-refractivity contribution in [1.82, 2.24) is 19.8 Å². The highest BCUT2D eigenvalue weighted by molar-refractivity contribution is 5.91. The number of nitrogens with one attached hydrogen (secondary N) is 1. The van der Waals surface area contributed by atoms with E-state index in [4.69, 9.17) is 0 Å². The minimum atomic E-state index is -4.31. The number of imidazole rings is 1. The Hall–Kier alpha value is -2.35. The van der Waals surface area contributed by atoms with Gasteiger partial charge in [0.15, 0.2) is 0 Å². The third kappa shape index (κ3) is 5.34. The average Bonchev–Trinajstić information content (AvgIpc) is 3.20. The fourth-order valence-electron chi connectivity index (χ4n) is 3.74. The Morgan fingerprint density at radius 2 is 2.21 bits per heavy atom. The summed E-state index contributed by atoms with van der Waals surface area (Å²) in [6.07, 6.45) is 1.34.